The highest BCUT2D eigenvalue weighted by Crippen LogP contribution is 2.34. The number of halogens is 2. The Morgan fingerprint density at radius 1 is 0.840 bits per heavy atom. The fourth-order valence-electron chi connectivity index (χ4n) is 2.52. The molecule has 0 spiro atoms. The van der Waals surface area contributed by atoms with Crippen LogP contribution < -0.4 is 0 Å². The first-order valence-corrected chi connectivity index (χ1v) is 8.28. The number of benzene rings is 2. The second-order valence-corrected chi connectivity index (χ2v) is 6.16. The maximum atomic E-state index is 6.32. The van der Waals surface area contributed by atoms with Crippen LogP contribution in [0.4, 0.5) is 0 Å². The third-order valence-corrected chi connectivity index (χ3v) is 4.24. The van der Waals surface area contributed by atoms with Gasteiger partial charge in [-0.1, -0.05) is 58.7 Å². The van der Waals surface area contributed by atoms with Gasteiger partial charge >= 0.3 is 0 Å². The standard InChI is InChI=1S/C19H11Cl2N3O/c20-13-6-3-5-12(11-13)18-23-19(25-24-18)15-8-4-10-22-17(15)14-7-1-2-9-16(14)21/h1-11H. The lowest BCUT2D eigenvalue weighted by atomic mass is 10.1. The van der Waals surface area contributed by atoms with Crippen molar-refractivity contribution in [2.45, 2.75) is 0 Å². The zero-order chi connectivity index (χ0) is 17.2. The van der Waals surface area contributed by atoms with Gasteiger partial charge in [-0.05, 0) is 30.3 Å². The molecule has 25 heavy (non-hydrogen) atoms. The Morgan fingerprint density at radius 2 is 1.68 bits per heavy atom. The highest BCUT2D eigenvalue weighted by atomic mass is 35.5. The molecule has 0 unspecified atom stereocenters. The van der Waals surface area contributed by atoms with Gasteiger partial charge in [-0.25, -0.2) is 0 Å². The van der Waals surface area contributed by atoms with Crippen LogP contribution in [-0.2, 0) is 0 Å². The van der Waals surface area contributed by atoms with Gasteiger partial charge in [-0.15, -0.1) is 0 Å². The minimum atomic E-state index is 0.373. The zero-order valence-electron chi connectivity index (χ0n) is 12.9. The monoisotopic (exact) mass is 367 g/mol. The molecule has 0 amide bonds. The van der Waals surface area contributed by atoms with Gasteiger partial charge in [-0.2, -0.15) is 4.98 Å². The Morgan fingerprint density at radius 3 is 2.52 bits per heavy atom. The molecular formula is C19H11Cl2N3O. The average molecular weight is 368 g/mol. The number of pyridine rings is 1. The van der Waals surface area contributed by atoms with Crippen molar-refractivity contribution in [1.29, 1.82) is 0 Å². The molecule has 0 aliphatic heterocycles. The van der Waals surface area contributed by atoms with Crippen LogP contribution in [0.15, 0.2) is 71.4 Å². The quantitative estimate of drug-likeness (QED) is 0.460. The molecule has 2 aromatic carbocycles. The van der Waals surface area contributed by atoms with Crippen LogP contribution in [0.5, 0.6) is 0 Å². The largest absolute Gasteiger partial charge is 0.334 e. The van der Waals surface area contributed by atoms with Crippen LogP contribution in [0.2, 0.25) is 10.0 Å². The van der Waals surface area contributed by atoms with Crippen molar-refractivity contribution in [1.82, 2.24) is 15.1 Å². The molecule has 2 heterocycles. The molecule has 0 radical (unpaired) electrons. The summed E-state index contributed by atoms with van der Waals surface area (Å²) in [5.74, 6) is 0.837. The molecule has 4 aromatic rings. The van der Waals surface area contributed by atoms with Crippen LogP contribution in [0.1, 0.15) is 0 Å². The van der Waals surface area contributed by atoms with Gasteiger partial charge in [0.05, 0.1) is 11.3 Å². The molecule has 0 saturated carbocycles. The molecule has 0 bridgehead atoms. The summed E-state index contributed by atoms with van der Waals surface area (Å²) >= 11 is 12.3. The minimum Gasteiger partial charge on any atom is -0.334 e. The number of nitrogens with zero attached hydrogens (tertiary/aromatic N) is 3. The Labute approximate surface area is 154 Å². The van der Waals surface area contributed by atoms with E-state index in [4.69, 9.17) is 27.7 Å². The molecule has 6 heteroatoms. The molecule has 0 saturated heterocycles. The predicted octanol–water partition coefficient (Wildman–Crippen LogP) is 5.77. The summed E-state index contributed by atoms with van der Waals surface area (Å²) in [6, 6.07) is 18.5. The number of rotatable bonds is 3. The number of aromatic nitrogens is 3. The van der Waals surface area contributed by atoms with E-state index in [0.29, 0.717) is 27.5 Å². The van der Waals surface area contributed by atoms with Crippen LogP contribution in [0.3, 0.4) is 0 Å². The zero-order valence-corrected chi connectivity index (χ0v) is 14.4. The second kappa shape index (κ2) is 6.67. The summed E-state index contributed by atoms with van der Waals surface area (Å²) in [6.45, 7) is 0. The summed E-state index contributed by atoms with van der Waals surface area (Å²) in [7, 11) is 0. The van der Waals surface area contributed by atoms with Crippen molar-refractivity contribution in [2.75, 3.05) is 0 Å². The number of hydrogen-bond acceptors (Lipinski definition) is 4. The van der Waals surface area contributed by atoms with Crippen molar-refractivity contribution in [3.8, 4) is 34.1 Å². The van der Waals surface area contributed by atoms with E-state index in [-0.39, 0.29) is 0 Å². The summed E-state index contributed by atoms with van der Waals surface area (Å²) in [5.41, 5.74) is 3.00. The fraction of sp³-hybridized carbons (Fsp3) is 0. The van der Waals surface area contributed by atoms with E-state index in [1.807, 2.05) is 48.5 Å². The van der Waals surface area contributed by atoms with E-state index in [2.05, 4.69) is 15.1 Å². The lowest BCUT2D eigenvalue weighted by Gasteiger charge is -2.06. The van der Waals surface area contributed by atoms with E-state index in [0.717, 1.165) is 16.7 Å². The average Bonchev–Trinajstić information content (AvgIpc) is 3.12. The van der Waals surface area contributed by atoms with E-state index in [9.17, 15) is 0 Å². The van der Waals surface area contributed by atoms with Gasteiger partial charge in [-0.3, -0.25) is 4.98 Å². The van der Waals surface area contributed by atoms with Crippen LogP contribution in [0, 0.1) is 0 Å². The van der Waals surface area contributed by atoms with Crippen molar-refractivity contribution >= 4 is 23.2 Å². The SMILES string of the molecule is Clc1cccc(-c2noc(-c3cccnc3-c3ccccc3Cl)n2)c1. The molecular weight excluding hydrogens is 357 g/mol. The van der Waals surface area contributed by atoms with Crippen LogP contribution >= 0.6 is 23.2 Å². The Bertz CT molecular complexity index is 1050. The molecule has 0 atom stereocenters. The van der Waals surface area contributed by atoms with Gasteiger partial charge in [0.2, 0.25) is 5.82 Å². The molecule has 4 rings (SSSR count). The van der Waals surface area contributed by atoms with E-state index in [1.165, 1.54) is 0 Å². The fourth-order valence-corrected chi connectivity index (χ4v) is 2.94. The first kappa shape index (κ1) is 15.8. The van der Waals surface area contributed by atoms with E-state index >= 15 is 0 Å². The normalized spacial score (nSPS) is 10.8. The van der Waals surface area contributed by atoms with Gasteiger partial charge in [0.1, 0.15) is 0 Å². The van der Waals surface area contributed by atoms with Crippen molar-refractivity contribution in [3.63, 3.8) is 0 Å². The maximum absolute atomic E-state index is 6.32. The molecule has 0 N–H and O–H groups in total. The topological polar surface area (TPSA) is 51.8 Å². The van der Waals surface area contributed by atoms with Crippen molar-refractivity contribution < 1.29 is 4.52 Å². The molecule has 0 fully saturated rings. The highest BCUT2D eigenvalue weighted by molar-refractivity contribution is 6.33. The van der Waals surface area contributed by atoms with Gasteiger partial charge in [0.15, 0.2) is 0 Å². The first-order valence-electron chi connectivity index (χ1n) is 7.52. The summed E-state index contributed by atoms with van der Waals surface area (Å²) in [4.78, 5) is 8.94. The molecule has 122 valence electrons. The third-order valence-electron chi connectivity index (χ3n) is 3.68. The minimum absolute atomic E-state index is 0.373. The first-order chi connectivity index (χ1) is 12.2. The maximum Gasteiger partial charge on any atom is 0.260 e. The third kappa shape index (κ3) is 3.14. The van der Waals surface area contributed by atoms with Crippen LogP contribution in [0.25, 0.3) is 34.1 Å². The Kier molecular flexibility index (Phi) is 4.22. The smallest absolute Gasteiger partial charge is 0.260 e. The highest BCUT2D eigenvalue weighted by Gasteiger charge is 2.17. The van der Waals surface area contributed by atoms with Crippen molar-refractivity contribution in [2.24, 2.45) is 0 Å². The molecule has 2 aromatic heterocycles. The lowest BCUT2D eigenvalue weighted by Crippen LogP contribution is -1.90. The second-order valence-electron chi connectivity index (χ2n) is 5.31. The van der Waals surface area contributed by atoms with Gasteiger partial charge in [0, 0.05) is 27.4 Å². The summed E-state index contributed by atoms with van der Waals surface area (Å²) in [6.07, 6.45) is 1.70. The van der Waals surface area contributed by atoms with E-state index in [1.54, 1.807) is 18.3 Å². The Hall–Kier alpha value is -2.69. The van der Waals surface area contributed by atoms with Crippen LogP contribution in [-0.4, -0.2) is 15.1 Å². The molecule has 0 aliphatic rings. The van der Waals surface area contributed by atoms with Gasteiger partial charge < -0.3 is 4.52 Å². The number of hydrogen-bond donors (Lipinski definition) is 0. The summed E-state index contributed by atoms with van der Waals surface area (Å²) in [5, 5.41) is 5.28. The lowest BCUT2D eigenvalue weighted by molar-refractivity contribution is 0.432. The van der Waals surface area contributed by atoms with Crippen molar-refractivity contribution in [3.05, 3.63) is 76.9 Å². The predicted molar refractivity (Wildman–Crippen MR) is 98.4 cm³/mol. The summed E-state index contributed by atoms with van der Waals surface area (Å²) < 4.78 is 5.46. The Balaban J connectivity index is 1.81. The molecule has 0 aliphatic carbocycles. The van der Waals surface area contributed by atoms with Gasteiger partial charge in [0.25, 0.3) is 5.89 Å². The molecule has 4 nitrogen and oxygen atoms in total. The van der Waals surface area contributed by atoms with E-state index < -0.39 is 0 Å².